The minimum absolute atomic E-state index is 0.0632. The maximum Gasteiger partial charge on any atom is 0.272 e. The van der Waals surface area contributed by atoms with Crippen molar-refractivity contribution < 1.29 is 9.53 Å². The van der Waals surface area contributed by atoms with Gasteiger partial charge in [-0.05, 0) is 69.8 Å². The molecule has 0 spiro atoms. The van der Waals surface area contributed by atoms with Crippen LogP contribution in [-0.4, -0.2) is 54.4 Å². The highest BCUT2D eigenvalue weighted by atomic mass is 35.5. The zero-order valence-electron chi connectivity index (χ0n) is 18.8. The Morgan fingerprint density at radius 1 is 1.09 bits per heavy atom. The number of ether oxygens (including phenoxy) is 1. The van der Waals surface area contributed by atoms with Crippen LogP contribution >= 0.6 is 11.6 Å². The average molecular weight is 469 g/mol. The topological polar surface area (TPSA) is 103 Å². The number of benzene rings is 1. The van der Waals surface area contributed by atoms with Gasteiger partial charge in [-0.3, -0.25) is 4.79 Å². The Kier molecular flexibility index (Phi) is 7.63. The third-order valence-electron chi connectivity index (χ3n) is 6.48. The van der Waals surface area contributed by atoms with Gasteiger partial charge in [0.1, 0.15) is 11.8 Å². The third kappa shape index (κ3) is 5.92. The van der Waals surface area contributed by atoms with E-state index in [1.54, 1.807) is 24.3 Å². The molecule has 0 unspecified atom stereocenters. The van der Waals surface area contributed by atoms with Crippen LogP contribution < -0.4 is 20.3 Å². The van der Waals surface area contributed by atoms with Gasteiger partial charge in [0, 0.05) is 31.2 Å². The minimum atomic E-state index is -0.189. The molecule has 174 valence electrons. The lowest BCUT2D eigenvalue weighted by Crippen LogP contribution is -2.42. The standard InChI is InChI=1S/C24H29ClN6O2/c1-27-17-10-12-31(13-11-17)23-9-8-22(29-30-23)24(32)28-18-3-6-19(7-4-18)33-20-5-2-16(15-26)21(25)14-20/h2,5,8-9,14,17-19,27H,3-4,6-7,10-13H2,1H3,(H,28,32). The first-order valence-corrected chi connectivity index (χ1v) is 11.9. The third-order valence-corrected chi connectivity index (χ3v) is 6.80. The normalized spacial score (nSPS) is 21.3. The van der Waals surface area contributed by atoms with E-state index in [0.717, 1.165) is 57.4 Å². The fourth-order valence-corrected chi connectivity index (χ4v) is 4.66. The van der Waals surface area contributed by atoms with Gasteiger partial charge in [-0.1, -0.05) is 11.6 Å². The number of nitrogens with one attached hydrogen (secondary N) is 2. The summed E-state index contributed by atoms with van der Waals surface area (Å²) in [6.45, 7) is 1.87. The van der Waals surface area contributed by atoms with Crippen molar-refractivity contribution in [3.8, 4) is 11.8 Å². The second-order valence-corrected chi connectivity index (χ2v) is 9.05. The Balaban J connectivity index is 1.24. The molecule has 9 heteroatoms. The number of anilines is 1. The molecule has 1 saturated carbocycles. The number of aromatic nitrogens is 2. The van der Waals surface area contributed by atoms with E-state index in [0.29, 0.717) is 28.1 Å². The van der Waals surface area contributed by atoms with Crippen LogP contribution in [0.5, 0.6) is 5.75 Å². The zero-order valence-corrected chi connectivity index (χ0v) is 19.5. The fraction of sp³-hybridized carbons (Fsp3) is 0.500. The Morgan fingerprint density at radius 2 is 1.85 bits per heavy atom. The van der Waals surface area contributed by atoms with Crippen LogP contribution in [0.1, 0.15) is 54.6 Å². The summed E-state index contributed by atoms with van der Waals surface area (Å²) in [5, 5.41) is 24.2. The number of carbonyl (C=O) groups is 1. The molecule has 0 bridgehead atoms. The number of halogens is 1. The molecule has 2 aliphatic rings. The van der Waals surface area contributed by atoms with Crippen molar-refractivity contribution in [3.63, 3.8) is 0 Å². The van der Waals surface area contributed by atoms with Gasteiger partial charge in [0.2, 0.25) is 0 Å². The van der Waals surface area contributed by atoms with Crippen molar-refractivity contribution in [2.45, 2.75) is 56.7 Å². The molecule has 2 fully saturated rings. The Bertz CT molecular complexity index is 993. The number of hydrogen-bond donors (Lipinski definition) is 2. The van der Waals surface area contributed by atoms with Crippen LogP contribution in [0.15, 0.2) is 30.3 Å². The quantitative estimate of drug-likeness (QED) is 0.670. The van der Waals surface area contributed by atoms with Gasteiger partial charge in [0.25, 0.3) is 5.91 Å². The number of amides is 1. The summed E-state index contributed by atoms with van der Waals surface area (Å²) in [5.41, 5.74) is 0.777. The summed E-state index contributed by atoms with van der Waals surface area (Å²) in [4.78, 5) is 14.9. The van der Waals surface area contributed by atoms with E-state index in [2.05, 4.69) is 25.7 Å². The van der Waals surface area contributed by atoms with Crippen molar-refractivity contribution in [2.75, 3.05) is 25.0 Å². The highest BCUT2D eigenvalue weighted by molar-refractivity contribution is 6.31. The Labute approximate surface area is 199 Å². The zero-order chi connectivity index (χ0) is 23.2. The van der Waals surface area contributed by atoms with Crippen LogP contribution in [0, 0.1) is 11.3 Å². The van der Waals surface area contributed by atoms with Gasteiger partial charge < -0.3 is 20.3 Å². The molecule has 1 aliphatic heterocycles. The molecule has 0 atom stereocenters. The van der Waals surface area contributed by atoms with E-state index in [1.807, 2.05) is 19.2 Å². The maximum atomic E-state index is 12.6. The van der Waals surface area contributed by atoms with Gasteiger partial charge >= 0.3 is 0 Å². The van der Waals surface area contributed by atoms with E-state index >= 15 is 0 Å². The van der Waals surface area contributed by atoms with Crippen molar-refractivity contribution in [1.82, 2.24) is 20.8 Å². The average Bonchev–Trinajstić information content (AvgIpc) is 2.85. The number of nitrogens with zero attached hydrogens (tertiary/aromatic N) is 4. The molecule has 1 aromatic carbocycles. The fourth-order valence-electron chi connectivity index (χ4n) is 4.45. The van der Waals surface area contributed by atoms with Gasteiger partial charge in [0.05, 0.1) is 16.7 Å². The van der Waals surface area contributed by atoms with E-state index in [4.69, 9.17) is 21.6 Å². The first-order chi connectivity index (χ1) is 16.1. The van der Waals surface area contributed by atoms with Crippen molar-refractivity contribution in [1.29, 1.82) is 5.26 Å². The molecule has 0 radical (unpaired) electrons. The van der Waals surface area contributed by atoms with Crippen molar-refractivity contribution in [3.05, 3.63) is 46.6 Å². The molecule has 2 N–H and O–H groups in total. The number of nitriles is 1. The predicted molar refractivity (Wildman–Crippen MR) is 127 cm³/mol. The molecule has 1 amide bonds. The first-order valence-electron chi connectivity index (χ1n) is 11.5. The van der Waals surface area contributed by atoms with E-state index in [9.17, 15) is 4.79 Å². The molecule has 33 heavy (non-hydrogen) atoms. The van der Waals surface area contributed by atoms with Gasteiger partial charge in [-0.15, -0.1) is 10.2 Å². The lowest BCUT2D eigenvalue weighted by molar-refractivity contribution is 0.0888. The SMILES string of the molecule is CNC1CCN(c2ccc(C(=O)NC3CCC(Oc4ccc(C#N)c(Cl)c4)CC3)nn2)CC1. The Hall–Kier alpha value is -2.89. The van der Waals surface area contributed by atoms with Gasteiger partial charge in [0.15, 0.2) is 11.5 Å². The van der Waals surface area contributed by atoms with Crippen LogP contribution in [0.25, 0.3) is 0 Å². The molecule has 1 saturated heterocycles. The second kappa shape index (κ2) is 10.8. The van der Waals surface area contributed by atoms with E-state index in [1.165, 1.54) is 0 Å². The van der Waals surface area contributed by atoms with E-state index in [-0.39, 0.29) is 18.1 Å². The van der Waals surface area contributed by atoms with E-state index < -0.39 is 0 Å². The number of carbonyl (C=O) groups excluding carboxylic acids is 1. The second-order valence-electron chi connectivity index (χ2n) is 8.65. The van der Waals surface area contributed by atoms with Crippen molar-refractivity contribution in [2.24, 2.45) is 0 Å². The van der Waals surface area contributed by atoms with Crippen LogP contribution in [0.4, 0.5) is 5.82 Å². The smallest absolute Gasteiger partial charge is 0.272 e. The summed E-state index contributed by atoms with van der Waals surface area (Å²) < 4.78 is 6.02. The molecular formula is C24H29ClN6O2. The first kappa shape index (κ1) is 23.3. The predicted octanol–water partition coefficient (Wildman–Crippen LogP) is 3.31. The highest BCUT2D eigenvalue weighted by Gasteiger charge is 2.25. The molecule has 4 rings (SSSR count). The highest BCUT2D eigenvalue weighted by Crippen LogP contribution is 2.27. The van der Waals surface area contributed by atoms with Crippen LogP contribution in [-0.2, 0) is 0 Å². The van der Waals surface area contributed by atoms with Crippen LogP contribution in [0.3, 0.4) is 0 Å². The summed E-state index contributed by atoms with van der Waals surface area (Å²) >= 11 is 6.09. The molecule has 2 aromatic rings. The molecule has 8 nitrogen and oxygen atoms in total. The number of hydrogen-bond acceptors (Lipinski definition) is 7. The largest absolute Gasteiger partial charge is 0.490 e. The number of rotatable bonds is 6. The molecular weight excluding hydrogens is 440 g/mol. The summed E-state index contributed by atoms with van der Waals surface area (Å²) in [7, 11) is 2.00. The van der Waals surface area contributed by atoms with Gasteiger partial charge in [-0.25, -0.2) is 0 Å². The van der Waals surface area contributed by atoms with Crippen molar-refractivity contribution >= 4 is 23.3 Å². The molecule has 1 aliphatic carbocycles. The monoisotopic (exact) mass is 468 g/mol. The lowest BCUT2D eigenvalue weighted by Gasteiger charge is -2.32. The van der Waals surface area contributed by atoms with Crippen LogP contribution in [0.2, 0.25) is 5.02 Å². The summed E-state index contributed by atoms with van der Waals surface area (Å²) in [5.74, 6) is 1.30. The number of piperidine rings is 1. The lowest BCUT2D eigenvalue weighted by atomic mass is 9.93. The molecule has 1 aromatic heterocycles. The van der Waals surface area contributed by atoms with Gasteiger partial charge in [-0.2, -0.15) is 5.26 Å². The maximum absolute atomic E-state index is 12.6. The Morgan fingerprint density at radius 3 is 2.45 bits per heavy atom. The molecule has 2 heterocycles. The minimum Gasteiger partial charge on any atom is -0.490 e. The summed E-state index contributed by atoms with van der Waals surface area (Å²) in [6.07, 6.45) is 5.52. The summed E-state index contributed by atoms with van der Waals surface area (Å²) in [6, 6.07) is 11.4.